The number of ether oxygens (including phenoxy) is 5. The fourth-order valence-electron chi connectivity index (χ4n) is 3.40. The van der Waals surface area contributed by atoms with Crippen molar-refractivity contribution in [1.82, 2.24) is 14.8 Å². The van der Waals surface area contributed by atoms with Gasteiger partial charge in [0, 0.05) is 18.3 Å². The van der Waals surface area contributed by atoms with Crippen molar-refractivity contribution < 1.29 is 38.1 Å². The Kier molecular flexibility index (Phi) is 8.95. The molecular formula is C24H26N4O8S. The molecule has 1 amide bonds. The van der Waals surface area contributed by atoms with Gasteiger partial charge in [0.05, 0.1) is 52.4 Å². The van der Waals surface area contributed by atoms with E-state index in [1.807, 2.05) is 0 Å². The van der Waals surface area contributed by atoms with E-state index in [0.717, 1.165) is 11.8 Å². The molecule has 2 aromatic carbocycles. The Morgan fingerprint density at radius 1 is 0.838 bits per heavy atom. The molecule has 0 aliphatic heterocycles. The first-order valence-corrected chi connectivity index (χ1v) is 11.7. The summed E-state index contributed by atoms with van der Waals surface area (Å²) in [5.41, 5.74) is 1.11. The summed E-state index contributed by atoms with van der Waals surface area (Å²) in [6.45, 7) is 0. The highest BCUT2D eigenvalue weighted by Crippen LogP contribution is 2.41. The van der Waals surface area contributed by atoms with Crippen LogP contribution in [-0.2, 0) is 21.3 Å². The molecule has 1 heterocycles. The molecule has 13 heteroatoms. The Balaban J connectivity index is 1.77. The van der Waals surface area contributed by atoms with Gasteiger partial charge in [0.25, 0.3) is 0 Å². The molecule has 0 aliphatic rings. The smallest absolute Gasteiger partial charge is 0.337 e. The fraction of sp³-hybridized carbons (Fsp3) is 0.292. The standard InChI is InChI=1S/C24H26N4O8S/c1-28-21(13-10-17(32-2)20(34-4)18(11-13)33-3)26-27-24(28)37-12-19(29)25-16-8-14(22(30)35-5)7-15(9-16)23(31)36-6/h7-11H,12H2,1-6H3,(H,25,29). The molecule has 1 N–H and O–H groups in total. The summed E-state index contributed by atoms with van der Waals surface area (Å²) in [4.78, 5) is 36.6. The Morgan fingerprint density at radius 2 is 1.41 bits per heavy atom. The number of nitrogens with zero attached hydrogens (tertiary/aromatic N) is 3. The lowest BCUT2D eigenvalue weighted by molar-refractivity contribution is -0.113. The first-order valence-electron chi connectivity index (χ1n) is 10.7. The number of thioether (sulfide) groups is 1. The number of rotatable bonds is 10. The highest BCUT2D eigenvalue weighted by Gasteiger charge is 2.19. The predicted molar refractivity (Wildman–Crippen MR) is 135 cm³/mol. The van der Waals surface area contributed by atoms with Crippen LogP contribution in [0, 0.1) is 0 Å². The minimum atomic E-state index is -0.658. The van der Waals surface area contributed by atoms with Gasteiger partial charge in [-0.05, 0) is 30.3 Å². The molecule has 0 spiro atoms. The third-order valence-electron chi connectivity index (χ3n) is 5.15. The van der Waals surface area contributed by atoms with Crippen molar-refractivity contribution in [3.8, 4) is 28.6 Å². The number of nitrogens with one attached hydrogen (secondary N) is 1. The van der Waals surface area contributed by atoms with Gasteiger partial charge in [-0.2, -0.15) is 0 Å². The molecule has 12 nitrogen and oxygen atoms in total. The summed E-state index contributed by atoms with van der Waals surface area (Å²) in [5.74, 6) is 0.188. The van der Waals surface area contributed by atoms with Crippen LogP contribution in [0.25, 0.3) is 11.4 Å². The van der Waals surface area contributed by atoms with Gasteiger partial charge >= 0.3 is 11.9 Å². The van der Waals surface area contributed by atoms with E-state index in [4.69, 9.17) is 23.7 Å². The third kappa shape index (κ3) is 6.12. The summed E-state index contributed by atoms with van der Waals surface area (Å²) in [6.07, 6.45) is 0. The van der Waals surface area contributed by atoms with Crippen LogP contribution in [0.1, 0.15) is 20.7 Å². The van der Waals surface area contributed by atoms with Crippen LogP contribution >= 0.6 is 11.8 Å². The lowest BCUT2D eigenvalue weighted by atomic mass is 10.1. The molecule has 0 aliphatic carbocycles. The van der Waals surface area contributed by atoms with Crippen LogP contribution in [0.4, 0.5) is 5.69 Å². The molecule has 0 fully saturated rings. The van der Waals surface area contributed by atoms with Crippen LogP contribution in [0.15, 0.2) is 35.5 Å². The van der Waals surface area contributed by atoms with Crippen molar-refractivity contribution in [3.05, 3.63) is 41.5 Å². The maximum Gasteiger partial charge on any atom is 0.337 e. The van der Waals surface area contributed by atoms with Gasteiger partial charge in [-0.1, -0.05) is 11.8 Å². The number of esters is 2. The second kappa shape index (κ2) is 12.1. The number of hydrogen-bond donors (Lipinski definition) is 1. The fourth-order valence-corrected chi connectivity index (χ4v) is 4.11. The molecular weight excluding hydrogens is 504 g/mol. The normalized spacial score (nSPS) is 10.4. The number of carbonyl (C=O) groups is 3. The first kappa shape index (κ1) is 27.3. The average Bonchev–Trinajstić information content (AvgIpc) is 3.29. The third-order valence-corrected chi connectivity index (χ3v) is 6.17. The van der Waals surface area contributed by atoms with Gasteiger partial charge in [0.1, 0.15) is 0 Å². The van der Waals surface area contributed by atoms with E-state index < -0.39 is 11.9 Å². The number of carbonyl (C=O) groups excluding carboxylic acids is 3. The second-order valence-corrected chi connectivity index (χ2v) is 8.34. The van der Waals surface area contributed by atoms with Crippen molar-refractivity contribution in [3.63, 3.8) is 0 Å². The Hall–Kier alpha value is -4.26. The van der Waals surface area contributed by atoms with Crippen LogP contribution < -0.4 is 19.5 Å². The highest BCUT2D eigenvalue weighted by molar-refractivity contribution is 7.99. The van der Waals surface area contributed by atoms with E-state index in [9.17, 15) is 14.4 Å². The van der Waals surface area contributed by atoms with Gasteiger partial charge in [-0.25, -0.2) is 9.59 Å². The maximum atomic E-state index is 12.6. The number of methoxy groups -OCH3 is 5. The Labute approximate surface area is 217 Å². The predicted octanol–water partition coefficient (Wildman–Crippen LogP) is 2.81. The maximum absolute atomic E-state index is 12.6. The number of hydrogen-bond acceptors (Lipinski definition) is 11. The zero-order valence-corrected chi connectivity index (χ0v) is 21.9. The molecule has 0 saturated heterocycles. The second-order valence-electron chi connectivity index (χ2n) is 7.40. The first-order chi connectivity index (χ1) is 17.8. The Morgan fingerprint density at radius 3 is 1.89 bits per heavy atom. The van der Waals surface area contributed by atoms with Crippen molar-refractivity contribution in [1.29, 1.82) is 0 Å². The lowest BCUT2D eigenvalue weighted by Crippen LogP contribution is -2.16. The van der Waals surface area contributed by atoms with Crippen molar-refractivity contribution in [2.75, 3.05) is 46.6 Å². The highest BCUT2D eigenvalue weighted by atomic mass is 32.2. The van der Waals surface area contributed by atoms with Gasteiger partial charge in [0.2, 0.25) is 11.7 Å². The minimum Gasteiger partial charge on any atom is -0.493 e. The van der Waals surface area contributed by atoms with Gasteiger partial charge in [-0.3, -0.25) is 4.79 Å². The zero-order valence-electron chi connectivity index (χ0n) is 21.1. The summed E-state index contributed by atoms with van der Waals surface area (Å²) in [7, 11) is 8.76. The molecule has 37 heavy (non-hydrogen) atoms. The molecule has 0 radical (unpaired) electrons. The summed E-state index contributed by atoms with van der Waals surface area (Å²) in [6, 6.07) is 7.64. The Bertz CT molecular complexity index is 1260. The van der Waals surface area contributed by atoms with Gasteiger partial charge in [-0.15, -0.1) is 10.2 Å². The topological polar surface area (TPSA) is 140 Å². The van der Waals surface area contributed by atoms with Crippen molar-refractivity contribution in [2.24, 2.45) is 7.05 Å². The molecule has 0 unspecified atom stereocenters. The minimum absolute atomic E-state index is 0.0166. The molecule has 0 saturated carbocycles. The number of benzene rings is 2. The average molecular weight is 531 g/mol. The van der Waals surface area contributed by atoms with E-state index in [1.165, 1.54) is 53.7 Å². The number of amides is 1. The lowest BCUT2D eigenvalue weighted by Gasteiger charge is -2.14. The SMILES string of the molecule is COC(=O)c1cc(NC(=O)CSc2nnc(-c3cc(OC)c(OC)c(OC)c3)n2C)cc(C(=O)OC)c1. The van der Waals surface area contributed by atoms with Crippen LogP contribution in [0.5, 0.6) is 17.2 Å². The van der Waals surface area contributed by atoms with E-state index in [-0.39, 0.29) is 28.5 Å². The number of anilines is 1. The van der Waals surface area contributed by atoms with E-state index in [1.54, 1.807) is 23.7 Å². The summed E-state index contributed by atoms with van der Waals surface area (Å²) < 4.78 is 27.3. The zero-order chi connectivity index (χ0) is 27.1. The molecule has 0 atom stereocenters. The molecule has 1 aromatic heterocycles. The van der Waals surface area contributed by atoms with Crippen LogP contribution in [0.3, 0.4) is 0 Å². The molecule has 0 bridgehead atoms. The van der Waals surface area contributed by atoms with E-state index in [2.05, 4.69) is 15.5 Å². The quantitative estimate of drug-likeness (QED) is 0.306. The summed E-state index contributed by atoms with van der Waals surface area (Å²) >= 11 is 1.15. The van der Waals surface area contributed by atoms with E-state index in [0.29, 0.717) is 33.8 Å². The van der Waals surface area contributed by atoms with Crippen molar-refractivity contribution >= 4 is 35.3 Å². The largest absolute Gasteiger partial charge is 0.493 e. The van der Waals surface area contributed by atoms with Crippen molar-refractivity contribution in [2.45, 2.75) is 5.16 Å². The molecule has 3 rings (SSSR count). The molecule has 196 valence electrons. The van der Waals surface area contributed by atoms with Gasteiger partial charge < -0.3 is 33.6 Å². The van der Waals surface area contributed by atoms with E-state index >= 15 is 0 Å². The van der Waals surface area contributed by atoms with Gasteiger partial charge in [0.15, 0.2) is 22.5 Å². The number of aromatic nitrogens is 3. The monoisotopic (exact) mass is 530 g/mol. The van der Waals surface area contributed by atoms with Crippen LogP contribution in [0.2, 0.25) is 0 Å². The summed E-state index contributed by atoms with van der Waals surface area (Å²) in [5, 5.41) is 11.6. The van der Waals surface area contributed by atoms with Crippen LogP contribution in [-0.4, -0.2) is 73.9 Å². The molecule has 3 aromatic rings.